The van der Waals surface area contributed by atoms with Crippen LogP contribution >= 0.6 is 0 Å². The molecule has 2 fully saturated rings. The molecule has 2 aliphatic rings. The summed E-state index contributed by atoms with van der Waals surface area (Å²) in [7, 11) is 0. The van der Waals surface area contributed by atoms with Crippen molar-refractivity contribution in [2.75, 3.05) is 13.2 Å². The van der Waals surface area contributed by atoms with Crippen LogP contribution in [-0.4, -0.2) is 48.5 Å². The first kappa shape index (κ1) is 24.8. The number of nitrogens with one attached hydrogen (secondary N) is 1. The quantitative estimate of drug-likeness (QED) is 0.521. The van der Waals surface area contributed by atoms with Crippen LogP contribution in [0.25, 0.3) is 0 Å². The topological polar surface area (TPSA) is 86.3 Å². The maximum Gasteiger partial charge on any atom is 0.412 e. The number of amides is 2. The molecule has 4 atom stereocenters. The Morgan fingerprint density at radius 3 is 2.05 bits per heavy atom. The van der Waals surface area contributed by atoms with E-state index in [1.165, 1.54) is 0 Å². The van der Waals surface area contributed by atoms with Gasteiger partial charge < -0.3 is 24.3 Å². The molecule has 2 amide bonds. The van der Waals surface area contributed by atoms with Crippen LogP contribution in [0.4, 0.5) is 9.59 Å². The van der Waals surface area contributed by atoms with Crippen LogP contribution in [0, 0.1) is 0 Å². The third kappa shape index (κ3) is 6.47. The number of nitrogens with zero attached hydrogens (tertiary/aromatic N) is 1. The zero-order valence-corrected chi connectivity index (χ0v) is 20.4. The molecule has 0 spiro atoms. The lowest BCUT2D eigenvalue weighted by atomic mass is 9.98. The van der Waals surface area contributed by atoms with Gasteiger partial charge in [-0.3, -0.25) is 4.90 Å². The summed E-state index contributed by atoms with van der Waals surface area (Å²) in [6, 6.07) is 28.4. The van der Waals surface area contributed by atoms with E-state index in [0.717, 1.165) is 16.7 Å². The van der Waals surface area contributed by atoms with E-state index in [0.29, 0.717) is 19.6 Å². The molecule has 0 saturated carbocycles. The molecule has 8 heteroatoms. The van der Waals surface area contributed by atoms with Gasteiger partial charge in [0.2, 0.25) is 0 Å². The van der Waals surface area contributed by atoms with Crippen LogP contribution < -0.4 is 5.32 Å². The van der Waals surface area contributed by atoms with Gasteiger partial charge in [0.15, 0.2) is 6.23 Å². The van der Waals surface area contributed by atoms with Gasteiger partial charge in [-0.25, -0.2) is 9.59 Å². The molecular weight excluding hydrogens is 472 g/mol. The summed E-state index contributed by atoms with van der Waals surface area (Å²) in [5.74, 6) is 0. The van der Waals surface area contributed by atoms with E-state index in [4.69, 9.17) is 18.9 Å². The van der Waals surface area contributed by atoms with Gasteiger partial charge in [0.05, 0.1) is 25.3 Å². The van der Waals surface area contributed by atoms with Crippen molar-refractivity contribution in [1.82, 2.24) is 10.2 Å². The van der Waals surface area contributed by atoms with Crippen molar-refractivity contribution in [3.8, 4) is 0 Å². The minimum Gasteiger partial charge on any atom is -0.445 e. The SMILES string of the molecule is O=C(N[C@H]1CO[C@@H]2CN(C(=O)OCc3ccccc3)C(c3ccccc3)O[C@H]2C1)OCc1ccccc1. The van der Waals surface area contributed by atoms with E-state index in [1.54, 1.807) is 4.90 Å². The lowest BCUT2D eigenvalue weighted by molar-refractivity contribution is -0.216. The zero-order valence-electron chi connectivity index (χ0n) is 20.4. The number of rotatable bonds is 6. The Bertz CT molecular complexity index is 1160. The monoisotopic (exact) mass is 502 g/mol. The summed E-state index contributed by atoms with van der Waals surface area (Å²) >= 11 is 0. The molecule has 0 aromatic heterocycles. The number of hydrogen-bond donors (Lipinski definition) is 1. The molecule has 3 aromatic carbocycles. The highest BCUT2D eigenvalue weighted by atomic mass is 16.6. The van der Waals surface area contributed by atoms with Crippen molar-refractivity contribution in [1.29, 1.82) is 0 Å². The van der Waals surface area contributed by atoms with Gasteiger partial charge >= 0.3 is 12.2 Å². The fourth-order valence-electron chi connectivity index (χ4n) is 4.57. The van der Waals surface area contributed by atoms with Crippen molar-refractivity contribution in [2.45, 2.75) is 44.1 Å². The minimum atomic E-state index is -0.627. The Balaban J connectivity index is 1.21. The number of alkyl carbamates (subject to hydrolysis) is 1. The smallest absolute Gasteiger partial charge is 0.412 e. The molecular formula is C29H30N2O6. The fourth-order valence-corrected chi connectivity index (χ4v) is 4.57. The molecule has 1 N–H and O–H groups in total. The summed E-state index contributed by atoms with van der Waals surface area (Å²) in [6.07, 6.45) is -1.69. The summed E-state index contributed by atoms with van der Waals surface area (Å²) < 4.78 is 23.4. The second kappa shape index (κ2) is 11.9. The van der Waals surface area contributed by atoms with Gasteiger partial charge in [-0.1, -0.05) is 91.0 Å². The number of ether oxygens (including phenoxy) is 4. The van der Waals surface area contributed by atoms with Crippen LogP contribution in [0.5, 0.6) is 0 Å². The van der Waals surface area contributed by atoms with E-state index in [2.05, 4.69) is 5.32 Å². The maximum atomic E-state index is 13.1. The van der Waals surface area contributed by atoms with Gasteiger partial charge in [-0.15, -0.1) is 0 Å². The normalized spacial score (nSPS) is 23.0. The third-order valence-electron chi connectivity index (χ3n) is 6.47. The Morgan fingerprint density at radius 1 is 0.811 bits per heavy atom. The molecule has 5 rings (SSSR count). The number of carbonyl (C=O) groups is 2. The van der Waals surface area contributed by atoms with Crippen molar-refractivity contribution in [3.05, 3.63) is 108 Å². The van der Waals surface area contributed by atoms with E-state index >= 15 is 0 Å². The average Bonchev–Trinajstić information content (AvgIpc) is 2.95. The molecule has 0 aliphatic carbocycles. The van der Waals surface area contributed by atoms with Crippen LogP contribution in [0.15, 0.2) is 91.0 Å². The highest BCUT2D eigenvalue weighted by molar-refractivity contribution is 5.69. The minimum absolute atomic E-state index is 0.170. The highest BCUT2D eigenvalue weighted by Gasteiger charge is 2.44. The van der Waals surface area contributed by atoms with E-state index < -0.39 is 18.4 Å². The van der Waals surface area contributed by atoms with Crippen LogP contribution in [0.3, 0.4) is 0 Å². The Kier molecular flexibility index (Phi) is 7.98. The van der Waals surface area contributed by atoms with Crippen LogP contribution in [-0.2, 0) is 32.2 Å². The van der Waals surface area contributed by atoms with Crippen molar-refractivity contribution in [2.24, 2.45) is 0 Å². The van der Waals surface area contributed by atoms with E-state index in [9.17, 15) is 9.59 Å². The second-order valence-electron chi connectivity index (χ2n) is 9.14. The van der Waals surface area contributed by atoms with Gasteiger partial charge in [0.25, 0.3) is 0 Å². The summed E-state index contributed by atoms with van der Waals surface area (Å²) in [5.41, 5.74) is 2.66. The Morgan fingerprint density at radius 2 is 1.41 bits per heavy atom. The first-order chi connectivity index (χ1) is 18.2. The number of benzene rings is 3. The first-order valence-electron chi connectivity index (χ1n) is 12.4. The van der Waals surface area contributed by atoms with Crippen LogP contribution in [0.2, 0.25) is 0 Å². The maximum absolute atomic E-state index is 13.1. The lowest BCUT2D eigenvalue weighted by Crippen LogP contribution is -2.58. The highest BCUT2D eigenvalue weighted by Crippen LogP contribution is 2.34. The number of fused-ring (bicyclic) bond motifs is 1. The Hall–Kier alpha value is -3.88. The molecule has 1 unspecified atom stereocenters. The second-order valence-corrected chi connectivity index (χ2v) is 9.14. The fraction of sp³-hybridized carbons (Fsp3) is 0.310. The first-order valence-corrected chi connectivity index (χ1v) is 12.4. The molecule has 2 aliphatic heterocycles. The van der Waals surface area contributed by atoms with Crippen LogP contribution in [0.1, 0.15) is 29.3 Å². The molecule has 37 heavy (non-hydrogen) atoms. The Labute approximate surface area is 216 Å². The zero-order chi connectivity index (χ0) is 25.5. The summed E-state index contributed by atoms with van der Waals surface area (Å²) in [4.78, 5) is 27.1. The summed E-state index contributed by atoms with van der Waals surface area (Å²) in [6.45, 7) is 0.986. The summed E-state index contributed by atoms with van der Waals surface area (Å²) in [5, 5.41) is 2.88. The van der Waals surface area contributed by atoms with Gasteiger partial charge in [-0.2, -0.15) is 0 Å². The van der Waals surface area contributed by atoms with Gasteiger partial charge in [0, 0.05) is 5.56 Å². The molecule has 0 bridgehead atoms. The molecule has 0 radical (unpaired) electrons. The molecule has 192 valence electrons. The van der Waals surface area contributed by atoms with Gasteiger partial charge in [0.1, 0.15) is 19.3 Å². The predicted molar refractivity (Wildman–Crippen MR) is 135 cm³/mol. The predicted octanol–water partition coefficient (Wildman–Crippen LogP) is 4.81. The van der Waals surface area contributed by atoms with E-state index in [-0.39, 0.29) is 31.5 Å². The standard InChI is InChI=1S/C29H30N2O6/c32-28(35-18-21-10-4-1-5-11-21)30-24-16-25-26(34-20-24)17-31(27(37-25)23-14-8-3-9-15-23)29(33)36-19-22-12-6-2-7-13-22/h1-15,24-27H,16-20H2,(H,30,32)/t24-,25+,26-,27?/m1/s1. The third-order valence-corrected chi connectivity index (χ3v) is 6.47. The number of carbonyl (C=O) groups excluding carboxylic acids is 2. The number of hydrogen-bond acceptors (Lipinski definition) is 6. The van der Waals surface area contributed by atoms with E-state index in [1.807, 2.05) is 91.0 Å². The average molecular weight is 503 g/mol. The van der Waals surface area contributed by atoms with Gasteiger partial charge in [-0.05, 0) is 17.5 Å². The largest absolute Gasteiger partial charge is 0.445 e. The molecule has 8 nitrogen and oxygen atoms in total. The molecule has 2 saturated heterocycles. The van der Waals surface area contributed by atoms with Crippen molar-refractivity contribution >= 4 is 12.2 Å². The molecule has 3 aromatic rings. The lowest BCUT2D eigenvalue weighted by Gasteiger charge is -2.46. The van der Waals surface area contributed by atoms with Crippen molar-refractivity contribution in [3.63, 3.8) is 0 Å². The molecule has 2 heterocycles. The van der Waals surface area contributed by atoms with Crippen molar-refractivity contribution < 1.29 is 28.5 Å².